The van der Waals surface area contributed by atoms with Crippen LogP contribution >= 0.6 is 11.3 Å². The van der Waals surface area contributed by atoms with Crippen LogP contribution in [0.2, 0.25) is 0 Å². The molecule has 1 heterocycles. The minimum absolute atomic E-state index is 0.390. The minimum Gasteiger partial charge on any atom is -0.330 e. The van der Waals surface area contributed by atoms with Gasteiger partial charge in [0.05, 0.1) is 0 Å². The molecule has 1 saturated carbocycles. The lowest BCUT2D eigenvalue weighted by atomic mass is 9.85. The molecule has 18 heavy (non-hydrogen) atoms. The van der Waals surface area contributed by atoms with Crippen molar-refractivity contribution in [1.29, 1.82) is 0 Å². The second-order valence-corrected chi connectivity index (χ2v) is 7.02. The summed E-state index contributed by atoms with van der Waals surface area (Å²) in [5, 5.41) is 2.17. The highest BCUT2D eigenvalue weighted by atomic mass is 32.1. The monoisotopic (exact) mass is 266 g/mol. The van der Waals surface area contributed by atoms with Crippen molar-refractivity contribution in [2.45, 2.75) is 52.1 Å². The molecule has 0 bridgehead atoms. The third-order valence-electron chi connectivity index (χ3n) is 4.31. The lowest BCUT2D eigenvalue weighted by molar-refractivity contribution is 0.123. The summed E-state index contributed by atoms with van der Waals surface area (Å²) in [4.78, 5) is 4.07. The molecule has 0 aliphatic heterocycles. The maximum absolute atomic E-state index is 6.07. The molecule has 0 saturated heterocycles. The number of thiophene rings is 1. The van der Waals surface area contributed by atoms with E-state index in [-0.39, 0.29) is 0 Å². The standard InChI is InChI=1S/C15H26N2S/c1-13(2)17(10-14-6-5-9-18-14)12-15(11-16)7-3-4-8-15/h5-6,9,13H,3-4,7-8,10-12,16H2,1-2H3. The molecule has 2 rings (SSSR count). The number of hydrogen-bond acceptors (Lipinski definition) is 3. The smallest absolute Gasteiger partial charge is 0.0330 e. The predicted octanol–water partition coefficient (Wildman–Crippen LogP) is 3.48. The topological polar surface area (TPSA) is 29.3 Å². The van der Waals surface area contributed by atoms with E-state index in [1.54, 1.807) is 0 Å². The Balaban J connectivity index is 2.01. The normalized spacial score (nSPS) is 18.9. The molecule has 0 spiro atoms. The summed E-state index contributed by atoms with van der Waals surface area (Å²) in [5.41, 5.74) is 6.46. The van der Waals surface area contributed by atoms with E-state index < -0.39 is 0 Å². The molecule has 102 valence electrons. The van der Waals surface area contributed by atoms with Crippen molar-refractivity contribution < 1.29 is 0 Å². The van der Waals surface area contributed by atoms with Crippen LogP contribution in [-0.2, 0) is 6.54 Å². The number of nitrogens with two attached hydrogens (primary N) is 1. The third-order valence-corrected chi connectivity index (χ3v) is 5.17. The van der Waals surface area contributed by atoms with Gasteiger partial charge in [-0.05, 0) is 50.1 Å². The first-order valence-electron chi connectivity index (χ1n) is 7.12. The summed E-state index contributed by atoms with van der Waals surface area (Å²) in [6.07, 6.45) is 5.36. The van der Waals surface area contributed by atoms with Crippen molar-refractivity contribution in [3.63, 3.8) is 0 Å². The van der Waals surface area contributed by atoms with E-state index in [4.69, 9.17) is 5.73 Å². The van der Waals surface area contributed by atoms with E-state index in [9.17, 15) is 0 Å². The van der Waals surface area contributed by atoms with Crippen molar-refractivity contribution in [1.82, 2.24) is 4.90 Å². The molecule has 2 nitrogen and oxygen atoms in total. The van der Waals surface area contributed by atoms with Gasteiger partial charge in [0, 0.05) is 24.0 Å². The highest BCUT2D eigenvalue weighted by Gasteiger charge is 2.34. The zero-order valence-corrected chi connectivity index (χ0v) is 12.5. The number of hydrogen-bond donors (Lipinski definition) is 1. The first-order chi connectivity index (χ1) is 8.65. The van der Waals surface area contributed by atoms with Crippen LogP contribution in [0.1, 0.15) is 44.4 Å². The van der Waals surface area contributed by atoms with Crippen LogP contribution in [0.15, 0.2) is 17.5 Å². The third kappa shape index (κ3) is 3.34. The minimum atomic E-state index is 0.390. The van der Waals surface area contributed by atoms with E-state index in [1.807, 2.05) is 11.3 Å². The van der Waals surface area contributed by atoms with Crippen molar-refractivity contribution in [3.05, 3.63) is 22.4 Å². The molecule has 1 fully saturated rings. The van der Waals surface area contributed by atoms with Crippen LogP contribution in [0.4, 0.5) is 0 Å². The first kappa shape index (κ1) is 14.0. The van der Waals surface area contributed by atoms with Crippen LogP contribution in [0.5, 0.6) is 0 Å². The average Bonchev–Trinajstić information content (AvgIpc) is 3.00. The Kier molecular flexibility index (Phi) is 4.82. The maximum atomic E-state index is 6.07. The fourth-order valence-electron chi connectivity index (χ4n) is 3.01. The van der Waals surface area contributed by atoms with Crippen molar-refractivity contribution >= 4 is 11.3 Å². The van der Waals surface area contributed by atoms with Crippen LogP contribution in [-0.4, -0.2) is 24.0 Å². The van der Waals surface area contributed by atoms with Gasteiger partial charge in [-0.25, -0.2) is 0 Å². The summed E-state index contributed by atoms with van der Waals surface area (Å²) in [5.74, 6) is 0. The Bertz CT molecular complexity index is 339. The predicted molar refractivity (Wildman–Crippen MR) is 79.8 cm³/mol. The number of nitrogens with zero attached hydrogens (tertiary/aromatic N) is 1. The maximum Gasteiger partial charge on any atom is 0.0330 e. The summed E-state index contributed by atoms with van der Waals surface area (Å²) in [6, 6.07) is 4.98. The Hall–Kier alpha value is -0.380. The van der Waals surface area contributed by atoms with E-state index in [0.717, 1.165) is 13.1 Å². The Labute approximate surface area is 115 Å². The van der Waals surface area contributed by atoms with Gasteiger partial charge in [-0.2, -0.15) is 0 Å². The molecular formula is C15H26N2S. The van der Waals surface area contributed by atoms with Gasteiger partial charge in [0.2, 0.25) is 0 Å². The SMILES string of the molecule is CC(C)N(Cc1cccs1)CC1(CN)CCCC1. The van der Waals surface area contributed by atoms with Gasteiger partial charge >= 0.3 is 0 Å². The largest absolute Gasteiger partial charge is 0.330 e. The van der Waals surface area contributed by atoms with E-state index >= 15 is 0 Å². The second-order valence-electron chi connectivity index (χ2n) is 5.99. The lowest BCUT2D eigenvalue weighted by Crippen LogP contribution is -2.43. The highest BCUT2D eigenvalue weighted by molar-refractivity contribution is 7.09. The quantitative estimate of drug-likeness (QED) is 0.854. The molecule has 3 heteroatoms. The van der Waals surface area contributed by atoms with Gasteiger partial charge in [-0.3, -0.25) is 4.90 Å². The van der Waals surface area contributed by atoms with Crippen LogP contribution < -0.4 is 5.73 Å². The molecule has 0 radical (unpaired) electrons. The molecule has 2 N–H and O–H groups in total. The zero-order valence-electron chi connectivity index (χ0n) is 11.7. The van der Waals surface area contributed by atoms with Gasteiger partial charge < -0.3 is 5.73 Å². The molecular weight excluding hydrogens is 240 g/mol. The van der Waals surface area contributed by atoms with Crippen LogP contribution in [0.3, 0.4) is 0 Å². The summed E-state index contributed by atoms with van der Waals surface area (Å²) >= 11 is 1.86. The van der Waals surface area contributed by atoms with Gasteiger partial charge in [0.25, 0.3) is 0 Å². The second kappa shape index (κ2) is 6.18. The highest BCUT2D eigenvalue weighted by Crippen LogP contribution is 2.38. The fraction of sp³-hybridized carbons (Fsp3) is 0.733. The van der Waals surface area contributed by atoms with Crippen LogP contribution in [0, 0.1) is 5.41 Å². The molecule has 1 aliphatic rings. The Morgan fingerprint density at radius 2 is 2.11 bits per heavy atom. The molecule has 0 amide bonds. The summed E-state index contributed by atoms with van der Waals surface area (Å²) in [6.45, 7) is 7.69. The van der Waals surface area contributed by atoms with Crippen molar-refractivity contribution in [2.24, 2.45) is 11.1 Å². The summed E-state index contributed by atoms with van der Waals surface area (Å²) in [7, 11) is 0. The first-order valence-corrected chi connectivity index (χ1v) is 8.00. The fourth-order valence-corrected chi connectivity index (χ4v) is 3.74. The summed E-state index contributed by atoms with van der Waals surface area (Å²) < 4.78 is 0. The number of rotatable bonds is 6. The van der Waals surface area contributed by atoms with Gasteiger partial charge in [0.1, 0.15) is 0 Å². The van der Waals surface area contributed by atoms with Crippen molar-refractivity contribution in [2.75, 3.05) is 13.1 Å². The molecule has 0 atom stereocenters. The van der Waals surface area contributed by atoms with Gasteiger partial charge in [-0.15, -0.1) is 11.3 Å². The molecule has 1 aromatic rings. The Morgan fingerprint density at radius 1 is 1.39 bits per heavy atom. The molecule has 0 aromatic carbocycles. The van der Waals surface area contributed by atoms with Gasteiger partial charge in [-0.1, -0.05) is 18.9 Å². The van der Waals surface area contributed by atoms with Crippen LogP contribution in [0.25, 0.3) is 0 Å². The average molecular weight is 266 g/mol. The molecule has 1 aliphatic carbocycles. The van der Waals surface area contributed by atoms with E-state index in [2.05, 4.69) is 36.3 Å². The van der Waals surface area contributed by atoms with E-state index in [0.29, 0.717) is 11.5 Å². The van der Waals surface area contributed by atoms with Crippen molar-refractivity contribution in [3.8, 4) is 0 Å². The van der Waals surface area contributed by atoms with Gasteiger partial charge in [0.15, 0.2) is 0 Å². The lowest BCUT2D eigenvalue weighted by Gasteiger charge is -2.36. The molecule has 1 aromatic heterocycles. The molecule has 0 unspecified atom stereocenters. The zero-order chi connectivity index (χ0) is 13.0. The van der Waals surface area contributed by atoms with E-state index in [1.165, 1.54) is 37.1 Å². The Morgan fingerprint density at radius 3 is 2.61 bits per heavy atom.